The summed E-state index contributed by atoms with van der Waals surface area (Å²) in [6, 6.07) is 5.27. The van der Waals surface area contributed by atoms with E-state index < -0.39 is 0 Å². The molecule has 3 rings (SSSR count). The number of aromatic nitrogens is 6. The highest BCUT2D eigenvalue weighted by molar-refractivity contribution is 9.10. The van der Waals surface area contributed by atoms with Crippen LogP contribution >= 0.6 is 39.1 Å². The van der Waals surface area contributed by atoms with E-state index in [0.717, 1.165) is 11.3 Å². The molecule has 0 aliphatic carbocycles. The van der Waals surface area contributed by atoms with E-state index in [0.29, 0.717) is 20.5 Å². The number of aryl methyl sites for hydroxylation is 1. The van der Waals surface area contributed by atoms with Gasteiger partial charge < -0.3 is 0 Å². The highest BCUT2D eigenvalue weighted by Gasteiger charge is 2.15. The monoisotopic (exact) mass is 372 g/mol. The van der Waals surface area contributed by atoms with Gasteiger partial charge in [0.05, 0.1) is 34.5 Å². The average Bonchev–Trinajstić information content (AvgIpc) is 2.99. The van der Waals surface area contributed by atoms with Crippen LogP contribution < -0.4 is 0 Å². The van der Waals surface area contributed by atoms with E-state index in [9.17, 15) is 0 Å². The molecular weight excluding hydrogens is 367 g/mol. The Labute approximate surface area is 132 Å². The van der Waals surface area contributed by atoms with Crippen molar-refractivity contribution in [3.63, 3.8) is 0 Å². The lowest BCUT2D eigenvalue weighted by atomic mass is 10.3. The second-order valence-corrected chi connectivity index (χ2v) is 5.53. The Bertz CT molecular complexity index is 781. The van der Waals surface area contributed by atoms with Gasteiger partial charge in [-0.25, -0.2) is 4.68 Å². The number of tetrazole rings is 1. The lowest BCUT2D eigenvalue weighted by Gasteiger charge is -2.05. The molecule has 0 atom stereocenters. The first-order valence-electron chi connectivity index (χ1n) is 5.49. The SMILES string of the molecule is Cn1nnc(-c2cnn(-c3ccc(Cl)c(Cl)c3)c2Br)n1. The largest absolute Gasteiger partial charge is 0.226 e. The van der Waals surface area contributed by atoms with Crippen molar-refractivity contribution in [2.45, 2.75) is 0 Å². The van der Waals surface area contributed by atoms with Gasteiger partial charge in [0.25, 0.3) is 0 Å². The minimum Gasteiger partial charge on any atom is -0.226 e. The zero-order valence-corrected chi connectivity index (χ0v) is 13.2. The van der Waals surface area contributed by atoms with Gasteiger partial charge in [0, 0.05) is 0 Å². The molecule has 0 fully saturated rings. The summed E-state index contributed by atoms with van der Waals surface area (Å²) in [5.74, 6) is 0.491. The quantitative estimate of drug-likeness (QED) is 0.692. The van der Waals surface area contributed by atoms with Gasteiger partial charge in [-0.05, 0) is 39.3 Å². The lowest BCUT2D eigenvalue weighted by Crippen LogP contribution is -1.96. The predicted molar refractivity (Wildman–Crippen MR) is 79.1 cm³/mol. The molecule has 6 nitrogen and oxygen atoms in total. The first-order valence-corrected chi connectivity index (χ1v) is 7.04. The van der Waals surface area contributed by atoms with Crippen LogP contribution in [0.1, 0.15) is 0 Å². The van der Waals surface area contributed by atoms with Crippen molar-refractivity contribution in [2.75, 3.05) is 0 Å². The highest BCUT2D eigenvalue weighted by Crippen LogP contribution is 2.30. The topological polar surface area (TPSA) is 61.4 Å². The van der Waals surface area contributed by atoms with Gasteiger partial charge in [0.15, 0.2) is 0 Å². The van der Waals surface area contributed by atoms with Gasteiger partial charge in [-0.3, -0.25) is 0 Å². The Morgan fingerprint density at radius 3 is 2.65 bits per heavy atom. The summed E-state index contributed by atoms with van der Waals surface area (Å²) in [4.78, 5) is 1.39. The Hall–Kier alpha value is -1.44. The van der Waals surface area contributed by atoms with Crippen molar-refractivity contribution in [3.05, 3.63) is 39.0 Å². The normalized spacial score (nSPS) is 11.0. The van der Waals surface area contributed by atoms with E-state index in [1.54, 1.807) is 30.1 Å². The molecule has 0 radical (unpaired) electrons. The standard InChI is InChI=1S/C11H7BrCl2N6/c1-19-17-11(16-18-19)7-5-15-20(10(7)12)6-2-3-8(13)9(14)4-6/h2-5H,1H3. The number of hydrogen-bond acceptors (Lipinski definition) is 4. The maximum Gasteiger partial charge on any atom is 0.209 e. The van der Waals surface area contributed by atoms with E-state index in [-0.39, 0.29) is 0 Å². The summed E-state index contributed by atoms with van der Waals surface area (Å²) < 4.78 is 2.39. The fourth-order valence-corrected chi connectivity index (χ4v) is 2.54. The van der Waals surface area contributed by atoms with Crippen LogP contribution in [0.3, 0.4) is 0 Å². The van der Waals surface area contributed by atoms with Crippen LogP contribution in [0.25, 0.3) is 17.1 Å². The molecule has 9 heteroatoms. The number of benzene rings is 1. The summed E-state index contributed by atoms with van der Waals surface area (Å²) in [6.07, 6.45) is 1.66. The minimum absolute atomic E-state index is 0.464. The van der Waals surface area contributed by atoms with Gasteiger partial charge in [-0.1, -0.05) is 23.2 Å². The third-order valence-electron chi connectivity index (χ3n) is 2.61. The van der Waals surface area contributed by atoms with Crippen molar-refractivity contribution < 1.29 is 0 Å². The van der Waals surface area contributed by atoms with E-state index in [1.165, 1.54) is 4.80 Å². The van der Waals surface area contributed by atoms with Crippen molar-refractivity contribution in [2.24, 2.45) is 7.05 Å². The minimum atomic E-state index is 0.464. The molecule has 2 aromatic heterocycles. The van der Waals surface area contributed by atoms with Crippen molar-refractivity contribution >= 4 is 39.1 Å². The molecule has 0 bridgehead atoms. The van der Waals surface area contributed by atoms with E-state index in [4.69, 9.17) is 23.2 Å². The smallest absolute Gasteiger partial charge is 0.209 e. The van der Waals surface area contributed by atoms with Gasteiger partial charge >= 0.3 is 0 Å². The van der Waals surface area contributed by atoms with Crippen molar-refractivity contribution in [1.29, 1.82) is 0 Å². The Morgan fingerprint density at radius 2 is 2.00 bits per heavy atom. The van der Waals surface area contributed by atoms with Gasteiger partial charge in [-0.2, -0.15) is 9.90 Å². The molecule has 0 amide bonds. The third kappa shape index (κ3) is 2.32. The zero-order valence-electron chi connectivity index (χ0n) is 10.1. The van der Waals surface area contributed by atoms with Gasteiger partial charge in [0.2, 0.25) is 5.82 Å². The van der Waals surface area contributed by atoms with E-state index >= 15 is 0 Å². The maximum atomic E-state index is 6.02. The summed E-state index contributed by atoms with van der Waals surface area (Å²) in [6.45, 7) is 0. The Kier molecular flexibility index (Phi) is 3.49. The molecule has 102 valence electrons. The third-order valence-corrected chi connectivity index (χ3v) is 4.11. The fraction of sp³-hybridized carbons (Fsp3) is 0.0909. The molecule has 1 aromatic carbocycles. The van der Waals surface area contributed by atoms with Crippen molar-refractivity contribution in [1.82, 2.24) is 30.0 Å². The van der Waals surface area contributed by atoms with E-state index in [2.05, 4.69) is 36.4 Å². The molecule has 0 saturated heterocycles. The first kappa shape index (κ1) is 13.5. The van der Waals surface area contributed by atoms with Gasteiger partial charge in [-0.15, -0.1) is 10.2 Å². The molecule has 2 heterocycles. The zero-order chi connectivity index (χ0) is 14.3. The molecule has 0 aliphatic heterocycles. The second kappa shape index (κ2) is 5.16. The predicted octanol–water partition coefficient (Wildman–Crippen LogP) is 3.13. The maximum absolute atomic E-state index is 6.02. The molecule has 0 aliphatic rings. The first-order chi connectivity index (χ1) is 9.56. The summed E-state index contributed by atoms with van der Waals surface area (Å²) in [5.41, 5.74) is 1.52. The van der Waals surface area contributed by atoms with Crippen LogP contribution in [0.5, 0.6) is 0 Å². The molecule has 0 spiro atoms. The second-order valence-electron chi connectivity index (χ2n) is 3.96. The molecule has 20 heavy (non-hydrogen) atoms. The number of hydrogen-bond donors (Lipinski definition) is 0. The number of rotatable bonds is 2. The van der Waals surface area contributed by atoms with E-state index in [1.807, 2.05) is 6.07 Å². The highest BCUT2D eigenvalue weighted by atomic mass is 79.9. The summed E-state index contributed by atoms with van der Waals surface area (Å²) in [7, 11) is 1.70. The summed E-state index contributed by atoms with van der Waals surface area (Å²) >= 11 is 15.4. The number of halogens is 3. The molecule has 0 unspecified atom stereocenters. The summed E-state index contributed by atoms with van der Waals surface area (Å²) in [5, 5.41) is 17.2. The van der Waals surface area contributed by atoms with Crippen LogP contribution in [0.2, 0.25) is 10.0 Å². The fourth-order valence-electron chi connectivity index (χ4n) is 1.67. The van der Waals surface area contributed by atoms with Crippen LogP contribution in [-0.4, -0.2) is 30.0 Å². The molecule has 0 N–H and O–H groups in total. The number of nitrogens with zero attached hydrogens (tertiary/aromatic N) is 6. The van der Waals surface area contributed by atoms with Crippen LogP contribution in [0.4, 0.5) is 0 Å². The van der Waals surface area contributed by atoms with Crippen LogP contribution in [0, 0.1) is 0 Å². The lowest BCUT2D eigenvalue weighted by molar-refractivity contribution is 0.630. The Balaban J connectivity index is 2.08. The van der Waals surface area contributed by atoms with Crippen LogP contribution in [-0.2, 0) is 7.05 Å². The van der Waals surface area contributed by atoms with Crippen LogP contribution in [0.15, 0.2) is 29.0 Å². The van der Waals surface area contributed by atoms with Crippen molar-refractivity contribution in [3.8, 4) is 17.1 Å². The molecule has 0 saturated carbocycles. The average molecular weight is 374 g/mol. The Morgan fingerprint density at radius 1 is 1.20 bits per heavy atom. The molecular formula is C11H7BrCl2N6. The molecule has 3 aromatic rings. The van der Waals surface area contributed by atoms with Gasteiger partial charge in [0.1, 0.15) is 4.60 Å².